The highest BCUT2D eigenvalue weighted by Crippen LogP contribution is 2.25. The Morgan fingerprint density at radius 3 is 2.37 bits per heavy atom. The van der Waals surface area contributed by atoms with E-state index < -0.39 is 0 Å². The van der Waals surface area contributed by atoms with Gasteiger partial charge in [-0.15, -0.1) is 0 Å². The summed E-state index contributed by atoms with van der Waals surface area (Å²) in [6, 6.07) is 4.55. The fraction of sp³-hybridized carbons (Fsp3) is 0.421. The molecular weight excluding hydrogens is 350 g/mol. The number of carbonyl (C=O) groups is 2. The van der Waals surface area contributed by atoms with E-state index in [1.54, 1.807) is 29.7 Å². The van der Waals surface area contributed by atoms with Crippen molar-refractivity contribution in [2.75, 3.05) is 33.3 Å². The van der Waals surface area contributed by atoms with E-state index in [2.05, 4.69) is 4.98 Å². The molecular formula is C19H23N3O5. The van der Waals surface area contributed by atoms with E-state index in [9.17, 15) is 14.7 Å². The summed E-state index contributed by atoms with van der Waals surface area (Å²) >= 11 is 0. The predicted molar refractivity (Wildman–Crippen MR) is 97.1 cm³/mol. The zero-order chi connectivity index (χ0) is 19.6. The van der Waals surface area contributed by atoms with Gasteiger partial charge in [-0.2, -0.15) is 0 Å². The van der Waals surface area contributed by atoms with Crippen molar-refractivity contribution >= 4 is 11.8 Å². The third-order valence-corrected chi connectivity index (χ3v) is 4.60. The monoisotopic (exact) mass is 373 g/mol. The third-order valence-electron chi connectivity index (χ3n) is 4.60. The minimum atomic E-state index is -0.285. The number of phenols is 1. The summed E-state index contributed by atoms with van der Waals surface area (Å²) < 4.78 is 10.6. The number of amides is 2. The van der Waals surface area contributed by atoms with Crippen LogP contribution < -0.4 is 4.74 Å². The highest BCUT2D eigenvalue weighted by Gasteiger charge is 2.27. The lowest BCUT2D eigenvalue weighted by molar-refractivity contribution is 0.0697. The van der Waals surface area contributed by atoms with Crippen molar-refractivity contribution in [3.63, 3.8) is 0 Å². The lowest BCUT2D eigenvalue weighted by Crippen LogP contribution is -2.37. The number of methoxy groups -OCH3 is 1. The van der Waals surface area contributed by atoms with Gasteiger partial charge in [0, 0.05) is 33.1 Å². The van der Waals surface area contributed by atoms with Crippen molar-refractivity contribution in [3.8, 4) is 11.5 Å². The van der Waals surface area contributed by atoms with Gasteiger partial charge in [0.05, 0.1) is 18.4 Å². The predicted octanol–water partition coefficient (Wildman–Crippen LogP) is 1.99. The zero-order valence-corrected chi connectivity index (χ0v) is 15.7. The first-order valence-corrected chi connectivity index (χ1v) is 8.80. The van der Waals surface area contributed by atoms with Crippen molar-refractivity contribution in [3.05, 3.63) is 41.1 Å². The number of hydrogen-bond donors (Lipinski definition) is 1. The molecule has 1 aliphatic heterocycles. The van der Waals surface area contributed by atoms with Gasteiger partial charge in [0.15, 0.2) is 5.89 Å². The number of oxazole rings is 1. The Hall–Kier alpha value is -3.03. The van der Waals surface area contributed by atoms with Crippen LogP contribution in [0.5, 0.6) is 11.5 Å². The van der Waals surface area contributed by atoms with Gasteiger partial charge in [-0.25, -0.2) is 4.98 Å². The van der Waals surface area contributed by atoms with Gasteiger partial charge >= 0.3 is 0 Å². The Bertz CT molecular complexity index is 861. The highest BCUT2D eigenvalue weighted by atomic mass is 16.5. The second-order valence-corrected chi connectivity index (χ2v) is 6.47. The van der Waals surface area contributed by atoms with Crippen LogP contribution in [0.1, 0.15) is 38.9 Å². The molecule has 0 radical (unpaired) electrons. The van der Waals surface area contributed by atoms with Crippen LogP contribution in [0.15, 0.2) is 22.6 Å². The summed E-state index contributed by atoms with van der Waals surface area (Å²) in [4.78, 5) is 33.0. The Morgan fingerprint density at radius 1 is 1.11 bits per heavy atom. The van der Waals surface area contributed by atoms with Gasteiger partial charge in [-0.05, 0) is 31.5 Å². The van der Waals surface area contributed by atoms with Crippen molar-refractivity contribution in [1.29, 1.82) is 0 Å². The standard InChI is InChI=1S/C19H23N3O5/c1-12-17(27-13(2)20-12)19(25)22-8-4-7-21(9-10-22)18(24)15-11-14(26-3)5-6-16(15)23/h5-6,11,23H,4,7-10H2,1-3H3. The fourth-order valence-electron chi connectivity index (χ4n) is 3.18. The van der Waals surface area contributed by atoms with Crippen molar-refractivity contribution in [1.82, 2.24) is 14.8 Å². The van der Waals surface area contributed by atoms with Crippen LogP contribution in [0, 0.1) is 13.8 Å². The number of aryl methyl sites for hydroxylation is 2. The number of phenolic OH excluding ortho intramolecular Hbond substituents is 1. The molecule has 0 atom stereocenters. The molecule has 1 aromatic heterocycles. The highest BCUT2D eigenvalue weighted by molar-refractivity contribution is 5.97. The maximum Gasteiger partial charge on any atom is 0.291 e. The zero-order valence-electron chi connectivity index (χ0n) is 15.7. The van der Waals surface area contributed by atoms with Crippen LogP contribution in [0.3, 0.4) is 0 Å². The minimum Gasteiger partial charge on any atom is -0.507 e. The van der Waals surface area contributed by atoms with E-state index >= 15 is 0 Å². The Morgan fingerprint density at radius 2 is 1.78 bits per heavy atom. The molecule has 1 N–H and O–H groups in total. The number of aromatic nitrogens is 1. The average Bonchev–Trinajstić information content (AvgIpc) is 2.85. The maximum atomic E-state index is 12.8. The fourth-order valence-corrected chi connectivity index (χ4v) is 3.18. The van der Waals surface area contributed by atoms with E-state index in [4.69, 9.17) is 9.15 Å². The van der Waals surface area contributed by atoms with Gasteiger partial charge in [-0.3, -0.25) is 9.59 Å². The summed E-state index contributed by atoms with van der Waals surface area (Å²) in [5.74, 6) is 0.609. The average molecular weight is 373 g/mol. The van der Waals surface area contributed by atoms with Crippen LogP contribution >= 0.6 is 0 Å². The van der Waals surface area contributed by atoms with Crippen molar-refractivity contribution < 1.29 is 23.8 Å². The van der Waals surface area contributed by atoms with Crippen LogP contribution in [0.2, 0.25) is 0 Å². The minimum absolute atomic E-state index is 0.0919. The SMILES string of the molecule is COc1ccc(O)c(C(=O)N2CCCN(C(=O)c3oc(C)nc3C)CC2)c1. The Balaban J connectivity index is 1.72. The molecule has 8 nitrogen and oxygen atoms in total. The first-order chi connectivity index (χ1) is 12.9. The van der Waals surface area contributed by atoms with Crippen molar-refractivity contribution in [2.45, 2.75) is 20.3 Å². The number of rotatable bonds is 3. The number of benzene rings is 1. The van der Waals surface area contributed by atoms with Gasteiger partial charge in [0.1, 0.15) is 11.5 Å². The van der Waals surface area contributed by atoms with E-state index in [1.807, 2.05) is 0 Å². The van der Waals surface area contributed by atoms with E-state index in [0.717, 1.165) is 0 Å². The second kappa shape index (κ2) is 7.69. The van der Waals surface area contributed by atoms with Crippen LogP contribution in [-0.2, 0) is 0 Å². The largest absolute Gasteiger partial charge is 0.507 e. The molecule has 2 heterocycles. The van der Waals surface area contributed by atoms with Crippen molar-refractivity contribution in [2.24, 2.45) is 0 Å². The van der Waals surface area contributed by atoms with Gasteiger partial charge < -0.3 is 24.1 Å². The summed E-state index contributed by atoms with van der Waals surface area (Å²) in [7, 11) is 1.50. The lowest BCUT2D eigenvalue weighted by Gasteiger charge is -2.22. The molecule has 1 aliphatic rings. The molecule has 0 unspecified atom stereocenters. The van der Waals surface area contributed by atoms with Gasteiger partial charge in [0.2, 0.25) is 5.76 Å². The molecule has 8 heteroatoms. The second-order valence-electron chi connectivity index (χ2n) is 6.47. The molecule has 2 amide bonds. The number of aromatic hydroxyl groups is 1. The maximum absolute atomic E-state index is 12.8. The quantitative estimate of drug-likeness (QED) is 0.884. The molecule has 0 aliphatic carbocycles. The number of hydrogen-bond acceptors (Lipinski definition) is 6. The van der Waals surface area contributed by atoms with E-state index in [0.29, 0.717) is 49.9 Å². The topological polar surface area (TPSA) is 96.1 Å². The summed E-state index contributed by atoms with van der Waals surface area (Å²) in [6.45, 7) is 5.21. The van der Waals surface area contributed by atoms with Gasteiger partial charge in [-0.1, -0.05) is 0 Å². The summed E-state index contributed by atoms with van der Waals surface area (Å²) in [5, 5.41) is 10.0. The molecule has 1 fully saturated rings. The normalized spacial score (nSPS) is 14.8. The van der Waals surface area contributed by atoms with E-state index in [-0.39, 0.29) is 28.9 Å². The number of carbonyl (C=O) groups excluding carboxylic acids is 2. The molecule has 144 valence electrons. The smallest absolute Gasteiger partial charge is 0.291 e. The third kappa shape index (κ3) is 3.89. The first kappa shape index (κ1) is 18.8. The molecule has 0 saturated carbocycles. The lowest BCUT2D eigenvalue weighted by atomic mass is 10.1. The molecule has 0 spiro atoms. The summed E-state index contributed by atoms with van der Waals surface area (Å²) in [5.41, 5.74) is 0.756. The molecule has 0 bridgehead atoms. The van der Waals surface area contributed by atoms with Crippen LogP contribution in [-0.4, -0.2) is 65.0 Å². The first-order valence-electron chi connectivity index (χ1n) is 8.80. The van der Waals surface area contributed by atoms with Crippen LogP contribution in [0.4, 0.5) is 0 Å². The molecule has 1 saturated heterocycles. The number of nitrogens with zero attached hydrogens (tertiary/aromatic N) is 3. The molecule has 2 aromatic rings. The van der Waals surface area contributed by atoms with E-state index in [1.165, 1.54) is 19.2 Å². The Labute approximate surface area is 157 Å². The number of ether oxygens (including phenoxy) is 1. The molecule has 1 aromatic carbocycles. The summed E-state index contributed by atoms with van der Waals surface area (Å²) in [6.07, 6.45) is 0.633. The van der Waals surface area contributed by atoms with Crippen LogP contribution in [0.25, 0.3) is 0 Å². The molecule has 27 heavy (non-hydrogen) atoms. The molecule has 3 rings (SSSR count). The van der Waals surface area contributed by atoms with Gasteiger partial charge in [0.25, 0.3) is 11.8 Å². The Kier molecular flexibility index (Phi) is 5.34.